The number of nitriles is 1. The molecule has 0 saturated heterocycles. The molecule has 2 aromatic carbocycles. The molecule has 4 nitrogen and oxygen atoms in total. The summed E-state index contributed by atoms with van der Waals surface area (Å²) in [4.78, 5) is 11.9. The Morgan fingerprint density at radius 3 is 2.64 bits per heavy atom. The summed E-state index contributed by atoms with van der Waals surface area (Å²) in [5.41, 5.74) is 1.18. The molecule has 0 aliphatic carbocycles. The van der Waals surface area contributed by atoms with E-state index in [1.807, 2.05) is 6.07 Å². The van der Waals surface area contributed by atoms with E-state index in [1.165, 1.54) is 12.1 Å². The fraction of sp³-hybridized carbons (Fsp3) is 0.176. The Kier molecular flexibility index (Phi) is 5.10. The zero-order chi connectivity index (χ0) is 15.9. The molecule has 0 fully saturated rings. The third-order valence-electron chi connectivity index (χ3n) is 3.11. The van der Waals surface area contributed by atoms with Gasteiger partial charge in [-0.15, -0.1) is 0 Å². The van der Waals surface area contributed by atoms with Crippen LogP contribution in [0.15, 0.2) is 48.5 Å². The molecule has 5 heteroatoms. The molecule has 0 aromatic heterocycles. The molecule has 1 amide bonds. The number of benzene rings is 2. The molecular weight excluding hydrogens is 283 g/mol. The molecule has 2 aromatic rings. The number of hydrogen-bond acceptors (Lipinski definition) is 3. The van der Waals surface area contributed by atoms with Gasteiger partial charge in [-0.3, -0.25) is 4.79 Å². The Hall–Kier alpha value is -2.87. The highest BCUT2D eigenvalue weighted by Crippen LogP contribution is 2.16. The van der Waals surface area contributed by atoms with Crippen molar-refractivity contribution in [3.05, 3.63) is 65.5 Å². The van der Waals surface area contributed by atoms with Gasteiger partial charge in [0.25, 0.3) is 5.91 Å². The molecule has 0 spiro atoms. The molecule has 1 N–H and O–H groups in total. The summed E-state index contributed by atoms with van der Waals surface area (Å²) >= 11 is 0. The molecule has 22 heavy (non-hydrogen) atoms. The zero-order valence-corrected chi connectivity index (χ0v) is 12.0. The van der Waals surface area contributed by atoms with E-state index in [9.17, 15) is 9.18 Å². The monoisotopic (exact) mass is 298 g/mol. The Morgan fingerprint density at radius 1 is 1.27 bits per heavy atom. The van der Waals surface area contributed by atoms with Crippen molar-refractivity contribution in [2.75, 3.05) is 6.61 Å². The van der Waals surface area contributed by atoms with Crippen molar-refractivity contribution in [3.63, 3.8) is 0 Å². The highest BCUT2D eigenvalue weighted by Gasteiger charge is 2.11. The van der Waals surface area contributed by atoms with Gasteiger partial charge in [-0.1, -0.05) is 24.3 Å². The lowest BCUT2D eigenvalue weighted by Crippen LogP contribution is -2.31. The highest BCUT2D eigenvalue weighted by atomic mass is 19.1. The maximum Gasteiger partial charge on any atom is 0.258 e. The number of nitrogens with zero attached hydrogens (tertiary/aromatic N) is 1. The molecule has 0 bridgehead atoms. The number of halogens is 1. The minimum atomic E-state index is -0.321. The van der Waals surface area contributed by atoms with E-state index in [0.717, 1.165) is 5.56 Å². The summed E-state index contributed by atoms with van der Waals surface area (Å²) in [5, 5.41) is 11.7. The largest absolute Gasteiger partial charge is 0.482 e. The number of carbonyl (C=O) groups is 1. The summed E-state index contributed by atoms with van der Waals surface area (Å²) < 4.78 is 18.2. The lowest BCUT2D eigenvalue weighted by atomic mass is 10.1. The van der Waals surface area contributed by atoms with Crippen LogP contribution in [0.1, 0.15) is 24.1 Å². The average Bonchev–Trinajstić information content (AvgIpc) is 2.53. The van der Waals surface area contributed by atoms with Gasteiger partial charge in [0.1, 0.15) is 17.6 Å². The minimum absolute atomic E-state index is 0.190. The van der Waals surface area contributed by atoms with Gasteiger partial charge in [0.2, 0.25) is 0 Å². The second-order valence-electron chi connectivity index (χ2n) is 4.74. The van der Waals surface area contributed by atoms with Crippen molar-refractivity contribution in [1.82, 2.24) is 5.32 Å². The average molecular weight is 298 g/mol. The number of amides is 1. The van der Waals surface area contributed by atoms with Crippen molar-refractivity contribution in [2.24, 2.45) is 0 Å². The third kappa shape index (κ3) is 4.06. The molecule has 1 atom stereocenters. The van der Waals surface area contributed by atoms with E-state index >= 15 is 0 Å². The number of ether oxygens (including phenoxy) is 1. The second kappa shape index (κ2) is 7.23. The fourth-order valence-corrected chi connectivity index (χ4v) is 1.95. The molecule has 1 unspecified atom stereocenters. The summed E-state index contributed by atoms with van der Waals surface area (Å²) in [7, 11) is 0. The predicted octanol–water partition coefficient (Wildman–Crippen LogP) is 2.95. The summed E-state index contributed by atoms with van der Waals surface area (Å²) in [6.45, 7) is 1.61. The van der Waals surface area contributed by atoms with Gasteiger partial charge in [-0.2, -0.15) is 5.26 Å². The number of nitrogens with one attached hydrogen (secondary N) is 1. The lowest BCUT2D eigenvalue weighted by Gasteiger charge is -2.15. The maximum atomic E-state index is 12.9. The number of rotatable bonds is 5. The summed E-state index contributed by atoms with van der Waals surface area (Å²) in [6.07, 6.45) is 0. The van der Waals surface area contributed by atoms with Crippen molar-refractivity contribution in [3.8, 4) is 11.8 Å². The van der Waals surface area contributed by atoms with Crippen LogP contribution in [0.4, 0.5) is 4.39 Å². The van der Waals surface area contributed by atoms with Crippen LogP contribution in [0.2, 0.25) is 0 Å². The molecular formula is C17H15FN2O2. The van der Waals surface area contributed by atoms with Crippen molar-refractivity contribution < 1.29 is 13.9 Å². The van der Waals surface area contributed by atoms with Gasteiger partial charge < -0.3 is 10.1 Å². The van der Waals surface area contributed by atoms with Crippen LogP contribution in [-0.4, -0.2) is 12.5 Å². The van der Waals surface area contributed by atoms with Crippen molar-refractivity contribution in [2.45, 2.75) is 13.0 Å². The van der Waals surface area contributed by atoms with E-state index in [4.69, 9.17) is 10.00 Å². The zero-order valence-electron chi connectivity index (χ0n) is 12.0. The fourth-order valence-electron chi connectivity index (χ4n) is 1.95. The summed E-state index contributed by atoms with van der Waals surface area (Å²) in [5.74, 6) is -0.266. The first-order chi connectivity index (χ1) is 10.6. The van der Waals surface area contributed by atoms with Crippen LogP contribution in [0.5, 0.6) is 5.75 Å². The van der Waals surface area contributed by atoms with Gasteiger partial charge in [-0.25, -0.2) is 4.39 Å². The quantitative estimate of drug-likeness (QED) is 0.923. The van der Waals surface area contributed by atoms with Crippen LogP contribution < -0.4 is 10.1 Å². The van der Waals surface area contributed by atoms with Crippen LogP contribution in [0.3, 0.4) is 0 Å². The Bertz CT molecular complexity index is 693. The van der Waals surface area contributed by atoms with Gasteiger partial charge in [0, 0.05) is 0 Å². The van der Waals surface area contributed by atoms with E-state index < -0.39 is 0 Å². The van der Waals surface area contributed by atoms with Crippen LogP contribution in [0, 0.1) is 17.1 Å². The van der Waals surface area contributed by atoms with Crippen LogP contribution in [0.25, 0.3) is 0 Å². The van der Waals surface area contributed by atoms with E-state index in [-0.39, 0.29) is 24.4 Å². The molecule has 0 aliphatic rings. The maximum absolute atomic E-state index is 12.9. The molecule has 0 heterocycles. The number of hydrogen-bond donors (Lipinski definition) is 1. The first-order valence-corrected chi connectivity index (χ1v) is 6.77. The van der Waals surface area contributed by atoms with E-state index in [1.54, 1.807) is 43.3 Å². The minimum Gasteiger partial charge on any atom is -0.482 e. The first-order valence-electron chi connectivity index (χ1n) is 6.77. The second-order valence-corrected chi connectivity index (χ2v) is 4.74. The molecule has 2 rings (SSSR count). The number of carbonyl (C=O) groups excluding carboxylic acids is 1. The molecule has 0 aliphatic heterocycles. The Morgan fingerprint density at radius 2 is 1.95 bits per heavy atom. The van der Waals surface area contributed by atoms with Gasteiger partial charge in [0.15, 0.2) is 6.61 Å². The molecule has 112 valence electrons. The standard InChI is InChI=1S/C17H15FN2O2/c1-12(13-6-8-15(18)9-7-13)20-17(21)11-22-16-5-3-2-4-14(16)10-19/h2-9,12H,11H2,1H3,(H,20,21). The SMILES string of the molecule is CC(NC(=O)COc1ccccc1C#N)c1ccc(F)cc1. The smallest absolute Gasteiger partial charge is 0.258 e. The highest BCUT2D eigenvalue weighted by molar-refractivity contribution is 5.78. The predicted molar refractivity (Wildman–Crippen MR) is 79.6 cm³/mol. The lowest BCUT2D eigenvalue weighted by molar-refractivity contribution is -0.123. The van der Waals surface area contributed by atoms with Crippen molar-refractivity contribution >= 4 is 5.91 Å². The number of para-hydroxylation sites is 1. The van der Waals surface area contributed by atoms with E-state index in [2.05, 4.69) is 5.32 Å². The van der Waals surface area contributed by atoms with E-state index in [0.29, 0.717) is 11.3 Å². The third-order valence-corrected chi connectivity index (χ3v) is 3.11. The molecule has 0 saturated carbocycles. The van der Waals surface area contributed by atoms with Crippen LogP contribution >= 0.6 is 0 Å². The Labute approximate surface area is 128 Å². The van der Waals surface area contributed by atoms with Crippen molar-refractivity contribution in [1.29, 1.82) is 5.26 Å². The summed E-state index contributed by atoms with van der Waals surface area (Å²) in [6, 6.07) is 14.4. The van der Waals surface area contributed by atoms with Gasteiger partial charge in [-0.05, 0) is 36.8 Å². The van der Waals surface area contributed by atoms with Gasteiger partial charge >= 0.3 is 0 Å². The molecule has 0 radical (unpaired) electrons. The van der Waals surface area contributed by atoms with Gasteiger partial charge in [0.05, 0.1) is 11.6 Å². The topological polar surface area (TPSA) is 62.1 Å². The first kappa shape index (κ1) is 15.5. The van der Waals surface area contributed by atoms with Crippen LogP contribution in [-0.2, 0) is 4.79 Å². The normalized spacial score (nSPS) is 11.3. The Balaban J connectivity index is 1.90.